The van der Waals surface area contributed by atoms with Gasteiger partial charge < -0.3 is 43.9 Å². The number of ether oxygens (including phenoxy) is 4. The number of likely N-dealkylation sites (N-methyl/N-ethyl adjacent to an activating group) is 1. The summed E-state index contributed by atoms with van der Waals surface area (Å²) in [6, 6.07) is 9.05. The second-order valence-corrected chi connectivity index (χ2v) is 18.9. The van der Waals surface area contributed by atoms with Crippen molar-refractivity contribution < 1.29 is 43.5 Å². The molecule has 14 nitrogen and oxygen atoms in total. The number of aromatic nitrogens is 1. The second-order valence-electron chi connectivity index (χ2n) is 18.9. The minimum Gasteiger partial charge on any atom is -0.496 e. The van der Waals surface area contributed by atoms with Crippen LogP contribution < -0.4 is 9.64 Å². The average molecular weight is 876 g/mol. The third kappa shape index (κ3) is 6.04. The number of aromatic amines is 1. The summed E-state index contributed by atoms with van der Waals surface area (Å²) in [5, 5.41) is 25.7. The van der Waals surface area contributed by atoms with Crippen LogP contribution in [0.4, 0.5) is 5.69 Å². The van der Waals surface area contributed by atoms with Crippen LogP contribution in [0.25, 0.3) is 16.5 Å². The molecule has 2 bridgehead atoms. The molecule has 0 amide bonds. The zero-order chi connectivity index (χ0) is 45.5. The lowest BCUT2D eigenvalue weighted by atomic mass is 9.47. The number of anilines is 1. The van der Waals surface area contributed by atoms with E-state index >= 15 is 4.79 Å². The molecule has 2 aromatic carbocycles. The summed E-state index contributed by atoms with van der Waals surface area (Å²) in [5.74, 6) is -1.64. The number of nitrogens with one attached hydrogen (secondary N) is 1. The largest absolute Gasteiger partial charge is 0.496 e. The molecule has 340 valence electrons. The van der Waals surface area contributed by atoms with Crippen LogP contribution in [0.2, 0.25) is 0 Å². The van der Waals surface area contributed by atoms with Gasteiger partial charge in [-0.15, -0.1) is 0 Å². The number of methoxy groups -OCH3 is 3. The lowest BCUT2D eigenvalue weighted by molar-refractivity contribution is -0.228. The van der Waals surface area contributed by atoms with Crippen molar-refractivity contribution in [2.45, 2.75) is 93.6 Å². The predicted molar refractivity (Wildman–Crippen MR) is 244 cm³/mol. The topological polar surface area (TPSA) is 166 Å². The first-order valence-corrected chi connectivity index (χ1v) is 22.5. The van der Waals surface area contributed by atoms with Crippen molar-refractivity contribution in [2.75, 3.05) is 66.0 Å². The quantitative estimate of drug-likeness (QED) is 0.0884. The van der Waals surface area contributed by atoms with Crippen LogP contribution in [0.15, 0.2) is 65.8 Å². The smallest absolute Gasteiger partial charge is 0.344 e. The van der Waals surface area contributed by atoms with Crippen molar-refractivity contribution in [2.24, 2.45) is 16.3 Å². The van der Waals surface area contributed by atoms with Crippen LogP contribution in [0.1, 0.15) is 74.4 Å². The Bertz CT molecular complexity index is 2510. The van der Waals surface area contributed by atoms with Gasteiger partial charge in [0, 0.05) is 97.1 Å². The lowest BCUT2D eigenvalue weighted by Gasteiger charge is -2.63. The molecule has 6 heterocycles. The lowest BCUT2D eigenvalue weighted by Crippen LogP contribution is -2.81. The van der Waals surface area contributed by atoms with E-state index in [1.807, 2.05) is 56.2 Å². The third-order valence-electron chi connectivity index (χ3n) is 15.9. The number of esters is 3. The third-order valence-corrected chi connectivity index (χ3v) is 15.9. The fraction of sp³-hybridized carbons (Fsp3) is 0.520. The minimum absolute atomic E-state index is 0.112. The molecule has 1 saturated carbocycles. The van der Waals surface area contributed by atoms with Crippen LogP contribution in [-0.2, 0) is 45.8 Å². The number of H-pyrrole nitrogens is 1. The van der Waals surface area contributed by atoms with Crippen LogP contribution in [0, 0.1) is 11.3 Å². The Hall–Kier alpha value is -5.28. The molecule has 2 saturated heterocycles. The molecule has 10 atom stereocenters. The predicted octanol–water partition coefficient (Wildman–Crippen LogP) is 4.83. The highest BCUT2D eigenvalue weighted by Gasteiger charge is 2.80. The molecule has 64 heavy (non-hydrogen) atoms. The highest BCUT2D eigenvalue weighted by atomic mass is 16.6. The van der Waals surface area contributed by atoms with Gasteiger partial charge in [0.1, 0.15) is 11.2 Å². The molecule has 6 aliphatic rings. The van der Waals surface area contributed by atoms with Crippen LogP contribution in [0.5, 0.6) is 5.75 Å². The number of carbonyl (C=O) groups excluding carboxylic acids is 3. The standard InChI is InChI=1S/C50H61N5O9/c1-9-47-16-11-19-55-21-17-48(42(47)55)36-24-37(40(61-6)25-39(36)53(5)43(48)50(60,46(59)63-8)44(47)64-30(3)56)49(45(58)62-7)26-31-22-33(57)28-54(27-31)20-15-34-35-23-32(29(2)12-10-18-51-4)13-14-38(35)52-41(34)49/h10-14,16,18,23-25,31,33,42-44,52,57,60H,4,9,15,17,19-22,26-28H2,1-3,5-8H3/b18-10-,29-12+/t31?,33-,42-,43+,44+,47+,48+,49-,50-/m0/s1. The molecule has 1 aromatic heterocycles. The summed E-state index contributed by atoms with van der Waals surface area (Å²) in [4.78, 5) is 57.3. The Morgan fingerprint density at radius 3 is 2.52 bits per heavy atom. The fourth-order valence-electron chi connectivity index (χ4n) is 13.7. The Balaban J connectivity index is 1.35. The minimum atomic E-state index is -2.32. The molecule has 3 N–H and O–H groups in total. The van der Waals surface area contributed by atoms with Crippen molar-refractivity contribution in [3.63, 3.8) is 0 Å². The van der Waals surface area contributed by atoms with Crippen molar-refractivity contribution in [3.05, 3.63) is 88.8 Å². The van der Waals surface area contributed by atoms with Gasteiger partial charge in [-0.05, 0) is 105 Å². The van der Waals surface area contributed by atoms with Gasteiger partial charge in [0.2, 0.25) is 5.60 Å². The number of hydrogen-bond donors (Lipinski definition) is 3. The SMILES string of the molecule is C=N/C=C\C=C(/C)c1ccc2[nH]c3c(c2c1)CCN1CC(C[C@H](O)C1)C[C@]3(C(=O)OC)c1cc2c(cc1OC)N(C)[C@H]1[C@@](O)(C(=O)OC)[C@H](OC(C)=O)[C@]3(CC)C=CCN4CC[C@]21[C@@H]43. The van der Waals surface area contributed by atoms with Crippen molar-refractivity contribution in [1.82, 2.24) is 14.8 Å². The zero-order valence-corrected chi connectivity index (χ0v) is 38.0. The van der Waals surface area contributed by atoms with Gasteiger partial charge in [0.05, 0.1) is 33.5 Å². The summed E-state index contributed by atoms with van der Waals surface area (Å²) in [7, 11) is 6.12. The normalized spacial score (nSPS) is 34.2. The molecule has 5 aliphatic heterocycles. The maximum Gasteiger partial charge on any atom is 0.344 e. The van der Waals surface area contributed by atoms with Crippen LogP contribution >= 0.6 is 0 Å². The first-order chi connectivity index (χ1) is 30.7. The number of carbonyl (C=O) groups is 3. The Kier molecular flexibility index (Phi) is 11.0. The number of aliphatic hydroxyl groups is 2. The highest BCUT2D eigenvalue weighted by Crippen LogP contribution is 2.68. The molecule has 9 rings (SSSR count). The summed E-state index contributed by atoms with van der Waals surface area (Å²) in [6.45, 7) is 12.1. The number of piperidine rings is 1. The van der Waals surface area contributed by atoms with Gasteiger partial charge in [-0.1, -0.05) is 31.2 Å². The maximum absolute atomic E-state index is 15.5. The van der Waals surface area contributed by atoms with Crippen molar-refractivity contribution in [1.29, 1.82) is 0 Å². The molecule has 1 spiro atoms. The molecular weight excluding hydrogens is 815 g/mol. The number of allylic oxidation sites excluding steroid dienone is 3. The van der Waals surface area contributed by atoms with E-state index in [1.54, 1.807) is 13.3 Å². The number of nitrogens with zero attached hydrogens (tertiary/aromatic N) is 4. The van der Waals surface area contributed by atoms with Gasteiger partial charge in [-0.3, -0.25) is 19.5 Å². The number of aliphatic imine (C=N–C) groups is 1. The number of aliphatic hydroxyl groups excluding tert-OH is 1. The highest BCUT2D eigenvalue weighted by molar-refractivity contribution is 5.96. The summed E-state index contributed by atoms with van der Waals surface area (Å²) >= 11 is 0. The van der Waals surface area contributed by atoms with Gasteiger partial charge in [0.25, 0.3) is 0 Å². The fourth-order valence-corrected chi connectivity index (χ4v) is 13.7. The molecule has 14 heteroatoms. The summed E-state index contributed by atoms with van der Waals surface area (Å²) < 4.78 is 24.0. The zero-order valence-electron chi connectivity index (χ0n) is 38.0. The van der Waals surface area contributed by atoms with E-state index in [4.69, 9.17) is 18.9 Å². The van der Waals surface area contributed by atoms with E-state index in [1.165, 1.54) is 21.1 Å². The van der Waals surface area contributed by atoms with E-state index in [0.717, 1.165) is 38.9 Å². The number of benzene rings is 2. The second kappa shape index (κ2) is 16.0. The van der Waals surface area contributed by atoms with Gasteiger partial charge in [0.15, 0.2) is 6.10 Å². The number of hydrogen-bond acceptors (Lipinski definition) is 13. The Morgan fingerprint density at radius 1 is 1.03 bits per heavy atom. The molecule has 2 unspecified atom stereocenters. The van der Waals surface area contributed by atoms with Crippen molar-refractivity contribution >= 4 is 46.8 Å². The van der Waals surface area contributed by atoms with E-state index in [9.17, 15) is 19.8 Å². The summed E-state index contributed by atoms with van der Waals surface area (Å²) in [5.41, 5.74) is 1.06. The van der Waals surface area contributed by atoms with Crippen LogP contribution in [-0.4, -0.2) is 141 Å². The van der Waals surface area contributed by atoms with E-state index in [2.05, 4.69) is 50.8 Å². The monoisotopic (exact) mass is 875 g/mol. The van der Waals surface area contributed by atoms with Crippen molar-refractivity contribution in [3.8, 4) is 5.75 Å². The van der Waals surface area contributed by atoms with Gasteiger partial charge in [-0.2, -0.15) is 0 Å². The van der Waals surface area contributed by atoms with E-state index in [-0.39, 0.29) is 12.0 Å². The van der Waals surface area contributed by atoms with E-state index < -0.39 is 58.0 Å². The van der Waals surface area contributed by atoms with Crippen LogP contribution in [0.3, 0.4) is 0 Å². The molecule has 1 aliphatic carbocycles. The summed E-state index contributed by atoms with van der Waals surface area (Å²) in [6.07, 6.45) is 10.1. The average Bonchev–Trinajstić information content (AvgIpc) is 3.95. The van der Waals surface area contributed by atoms with E-state index in [0.29, 0.717) is 81.8 Å². The Labute approximate surface area is 374 Å². The Morgan fingerprint density at radius 2 is 1.81 bits per heavy atom. The number of fused-ring (bicyclic) bond motifs is 6. The molecule has 3 fully saturated rings. The molecule has 3 aromatic rings. The maximum atomic E-state index is 15.5. The molecule has 0 radical (unpaired) electrons. The van der Waals surface area contributed by atoms with Gasteiger partial charge in [-0.25, -0.2) is 4.79 Å². The first-order valence-electron chi connectivity index (χ1n) is 22.5. The van der Waals surface area contributed by atoms with Gasteiger partial charge >= 0.3 is 17.9 Å². The number of rotatable bonds is 9. The first kappa shape index (κ1) is 43.9. The molecular formula is C50H61N5O9.